The quantitative estimate of drug-likeness (QED) is 0.163. The third-order valence-electron chi connectivity index (χ3n) is 14.5. The zero-order valence-corrected chi connectivity index (χ0v) is 36.4. The third-order valence-corrected chi connectivity index (χ3v) is 14.5. The van der Waals surface area contributed by atoms with Crippen molar-refractivity contribution in [2.45, 2.75) is 39.0 Å². The van der Waals surface area contributed by atoms with Crippen LogP contribution in [0.2, 0.25) is 0 Å². The van der Waals surface area contributed by atoms with Gasteiger partial charge in [0, 0.05) is 52.4 Å². The fourth-order valence-electron chi connectivity index (χ4n) is 11.4. The summed E-state index contributed by atoms with van der Waals surface area (Å²) in [5.74, 6) is 0. The van der Waals surface area contributed by atoms with Crippen molar-refractivity contribution in [2.24, 2.45) is 0 Å². The van der Waals surface area contributed by atoms with Crippen LogP contribution < -0.4 is 9.80 Å². The SMILES string of the molecule is Cc1ccc(-c2c3ccc(N4c5ccccc5Cc5ccccc54)cc3c(-c3ccc4c(c3)C(C)(C)c3ccccc3-4)c3ccc(N4c5ccccc5Cc5ccccc54)cc23)cc1. The Kier molecular flexibility index (Phi) is 8.03. The van der Waals surface area contributed by atoms with Gasteiger partial charge in [-0.2, -0.15) is 0 Å². The highest BCUT2D eigenvalue weighted by molar-refractivity contribution is 6.23. The number of rotatable bonds is 4. The van der Waals surface area contributed by atoms with Gasteiger partial charge in [0.05, 0.1) is 0 Å². The summed E-state index contributed by atoms with van der Waals surface area (Å²) < 4.78 is 0. The molecule has 0 aromatic heterocycles. The van der Waals surface area contributed by atoms with Gasteiger partial charge in [0.2, 0.25) is 0 Å². The van der Waals surface area contributed by atoms with Crippen LogP contribution in [-0.2, 0) is 18.3 Å². The number of para-hydroxylation sites is 4. The van der Waals surface area contributed by atoms with Crippen LogP contribution in [0.15, 0.2) is 200 Å². The zero-order chi connectivity index (χ0) is 42.7. The molecule has 0 N–H and O–H groups in total. The Morgan fingerprint density at radius 3 is 1.30 bits per heavy atom. The molecule has 0 fully saturated rings. The van der Waals surface area contributed by atoms with E-state index >= 15 is 0 Å². The summed E-state index contributed by atoms with van der Waals surface area (Å²) in [5.41, 5.74) is 24.2. The van der Waals surface area contributed by atoms with Gasteiger partial charge in [0.1, 0.15) is 0 Å². The monoisotopic (exact) mass is 818 g/mol. The van der Waals surface area contributed by atoms with Crippen molar-refractivity contribution in [1.29, 1.82) is 0 Å². The summed E-state index contributed by atoms with van der Waals surface area (Å²) in [6.45, 7) is 6.96. The van der Waals surface area contributed by atoms with Crippen LogP contribution in [0.25, 0.3) is 54.9 Å². The molecule has 1 aliphatic carbocycles. The molecule has 10 aromatic carbocycles. The van der Waals surface area contributed by atoms with Crippen molar-refractivity contribution in [3.63, 3.8) is 0 Å². The van der Waals surface area contributed by atoms with Gasteiger partial charge in [-0.1, -0.05) is 165 Å². The maximum atomic E-state index is 2.51. The maximum Gasteiger partial charge on any atom is 0.0497 e. The fourth-order valence-corrected chi connectivity index (χ4v) is 11.4. The van der Waals surface area contributed by atoms with E-state index in [0.29, 0.717) is 0 Å². The van der Waals surface area contributed by atoms with Gasteiger partial charge in [-0.25, -0.2) is 0 Å². The molecule has 304 valence electrons. The summed E-state index contributed by atoms with van der Waals surface area (Å²) >= 11 is 0. The summed E-state index contributed by atoms with van der Waals surface area (Å²) in [6.07, 6.45) is 1.85. The van der Waals surface area contributed by atoms with Gasteiger partial charge in [-0.3, -0.25) is 0 Å². The van der Waals surface area contributed by atoms with Crippen molar-refractivity contribution in [1.82, 2.24) is 0 Å². The highest BCUT2D eigenvalue weighted by Gasteiger charge is 2.36. The summed E-state index contributed by atoms with van der Waals surface area (Å²) in [4.78, 5) is 4.98. The van der Waals surface area contributed by atoms with Gasteiger partial charge in [-0.15, -0.1) is 0 Å². The number of aryl methyl sites for hydroxylation is 1. The lowest BCUT2D eigenvalue weighted by Crippen LogP contribution is -2.18. The largest absolute Gasteiger partial charge is 0.310 e. The molecule has 0 saturated heterocycles. The first-order chi connectivity index (χ1) is 31.4. The number of hydrogen-bond acceptors (Lipinski definition) is 2. The van der Waals surface area contributed by atoms with E-state index in [-0.39, 0.29) is 5.41 Å². The first kappa shape index (κ1) is 36.9. The average molecular weight is 819 g/mol. The van der Waals surface area contributed by atoms with E-state index in [9.17, 15) is 0 Å². The van der Waals surface area contributed by atoms with E-state index in [2.05, 4.69) is 231 Å². The minimum Gasteiger partial charge on any atom is -0.310 e. The van der Waals surface area contributed by atoms with Crippen LogP contribution in [0.5, 0.6) is 0 Å². The van der Waals surface area contributed by atoms with Crippen molar-refractivity contribution in [3.05, 3.63) is 239 Å². The van der Waals surface area contributed by atoms with Crippen molar-refractivity contribution in [2.75, 3.05) is 9.80 Å². The van der Waals surface area contributed by atoms with E-state index < -0.39 is 0 Å². The van der Waals surface area contributed by atoms with E-state index in [1.807, 2.05) is 0 Å². The van der Waals surface area contributed by atoms with Gasteiger partial charge in [-0.05, 0) is 150 Å². The Balaban J connectivity index is 1.13. The molecule has 0 saturated carbocycles. The molecule has 3 aliphatic rings. The van der Waals surface area contributed by atoms with Gasteiger partial charge in [0.15, 0.2) is 0 Å². The molecule has 64 heavy (non-hydrogen) atoms. The van der Waals surface area contributed by atoms with E-state index in [4.69, 9.17) is 0 Å². The molecule has 2 aliphatic heterocycles. The molecule has 0 amide bonds. The average Bonchev–Trinajstić information content (AvgIpc) is 3.56. The predicted octanol–water partition coefficient (Wildman–Crippen LogP) is 16.7. The predicted molar refractivity (Wildman–Crippen MR) is 270 cm³/mol. The number of anilines is 6. The molecule has 0 atom stereocenters. The van der Waals surface area contributed by atoms with Crippen molar-refractivity contribution >= 4 is 55.7 Å². The lowest BCUT2D eigenvalue weighted by atomic mass is 9.80. The first-order valence-electron chi connectivity index (χ1n) is 22.7. The molecular weight excluding hydrogens is 773 g/mol. The highest BCUT2D eigenvalue weighted by atomic mass is 15.2. The van der Waals surface area contributed by atoms with Gasteiger partial charge < -0.3 is 9.80 Å². The molecule has 2 heterocycles. The summed E-state index contributed by atoms with van der Waals surface area (Å²) in [5, 5.41) is 4.98. The van der Waals surface area contributed by atoms with Gasteiger partial charge in [0.25, 0.3) is 0 Å². The Morgan fingerprint density at radius 2 is 0.781 bits per heavy atom. The molecular formula is C62H46N2. The zero-order valence-electron chi connectivity index (χ0n) is 36.4. The Hall–Kier alpha value is -7.68. The second kappa shape index (κ2) is 13.9. The standard InChI is InChI=1S/C62H46N2/c1-39-24-26-40(27-25-39)60-50-32-29-47(64-58-22-12-6-16-43(58)35-44-17-7-13-23-59(44)64)38-53(50)61(45-28-31-49-48-18-8-9-19-54(48)62(2,3)55(49)36-45)51-33-30-46(37-52(51)60)63-56-20-10-4-14-41(56)34-42-15-5-11-21-57(42)63/h4-33,36-38H,34-35H2,1-3H3. The minimum absolute atomic E-state index is 0.135. The molecule has 0 unspecified atom stereocenters. The van der Waals surface area contributed by atoms with Crippen LogP contribution in [0, 0.1) is 6.92 Å². The lowest BCUT2D eigenvalue weighted by molar-refractivity contribution is 0.660. The van der Waals surface area contributed by atoms with Crippen LogP contribution in [0.4, 0.5) is 34.1 Å². The number of nitrogens with zero attached hydrogens (tertiary/aromatic N) is 2. The van der Waals surface area contributed by atoms with Crippen molar-refractivity contribution in [3.8, 4) is 33.4 Å². The molecule has 10 aromatic rings. The number of hydrogen-bond donors (Lipinski definition) is 0. The maximum absolute atomic E-state index is 2.51. The number of fused-ring (bicyclic) bond motifs is 9. The first-order valence-corrected chi connectivity index (χ1v) is 22.7. The Morgan fingerprint density at radius 1 is 0.359 bits per heavy atom. The van der Waals surface area contributed by atoms with E-state index in [0.717, 1.165) is 24.2 Å². The van der Waals surface area contributed by atoms with Crippen molar-refractivity contribution < 1.29 is 0 Å². The Bertz CT molecular complexity index is 3460. The Labute approximate surface area is 375 Å². The molecule has 13 rings (SSSR count). The molecule has 2 nitrogen and oxygen atoms in total. The lowest BCUT2D eigenvalue weighted by Gasteiger charge is -2.34. The minimum atomic E-state index is -0.135. The molecule has 0 bridgehead atoms. The van der Waals surface area contributed by atoms with E-state index in [1.165, 1.54) is 117 Å². The van der Waals surface area contributed by atoms with Gasteiger partial charge >= 0.3 is 0 Å². The normalized spacial score (nSPS) is 14.1. The topological polar surface area (TPSA) is 6.48 Å². The van der Waals surface area contributed by atoms with Crippen LogP contribution in [0.1, 0.15) is 52.8 Å². The second-order valence-corrected chi connectivity index (χ2v) is 18.5. The van der Waals surface area contributed by atoms with Crippen LogP contribution >= 0.6 is 0 Å². The second-order valence-electron chi connectivity index (χ2n) is 18.5. The van der Waals surface area contributed by atoms with Crippen LogP contribution in [-0.4, -0.2) is 0 Å². The third kappa shape index (κ3) is 5.45. The van der Waals surface area contributed by atoms with E-state index in [1.54, 1.807) is 0 Å². The molecule has 2 heteroatoms. The highest BCUT2D eigenvalue weighted by Crippen LogP contribution is 2.54. The fraction of sp³-hybridized carbons (Fsp3) is 0.0968. The summed E-state index contributed by atoms with van der Waals surface area (Å²) in [6, 6.07) is 75.6. The smallest absolute Gasteiger partial charge is 0.0497 e. The summed E-state index contributed by atoms with van der Waals surface area (Å²) in [7, 11) is 0. The molecule has 0 spiro atoms. The molecule has 0 radical (unpaired) electrons. The number of benzene rings is 10. The van der Waals surface area contributed by atoms with Crippen LogP contribution in [0.3, 0.4) is 0 Å².